The Kier molecular flexibility index (Phi) is 7.17. The van der Waals surface area contributed by atoms with Crippen molar-refractivity contribution in [3.63, 3.8) is 0 Å². The molecular formula is C8H12Br2O4. The van der Waals surface area contributed by atoms with Crippen molar-refractivity contribution >= 4 is 43.8 Å². The van der Waals surface area contributed by atoms with Gasteiger partial charge in [0, 0.05) is 24.5 Å². The van der Waals surface area contributed by atoms with E-state index in [0.717, 1.165) is 0 Å². The van der Waals surface area contributed by atoms with E-state index < -0.39 is 24.1 Å². The summed E-state index contributed by atoms with van der Waals surface area (Å²) in [5.74, 6) is -0.792. The van der Waals surface area contributed by atoms with Gasteiger partial charge in [0.25, 0.3) is 0 Å². The Balaban J connectivity index is 4.28. The highest BCUT2D eigenvalue weighted by Crippen LogP contribution is 2.11. The van der Waals surface area contributed by atoms with E-state index in [1.54, 1.807) is 0 Å². The van der Waals surface area contributed by atoms with E-state index in [0.29, 0.717) is 10.7 Å². The van der Waals surface area contributed by atoms with E-state index in [1.165, 1.54) is 13.8 Å². The molecule has 0 fully saturated rings. The molecule has 0 aromatic heterocycles. The topological polar surface area (TPSA) is 52.6 Å². The van der Waals surface area contributed by atoms with Gasteiger partial charge in [0.2, 0.25) is 0 Å². The second-order valence-electron chi connectivity index (χ2n) is 2.60. The Morgan fingerprint density at radius 2 is 1.29 bits per heavy atom. The zero-order valence-electron chi connectivity index (χ0n) is 7.96. The number of halogens is 2. The number of carbonyl (C=O) groups excluding carboxylic acids is 2. The predicted molar refractivity (Wildman–Crippen MR) is 58.7 cm³/mol. The summed E-state index contributed by atoms with van der Waals surface area (Å²) in [7, 11) is 0. The lowest BCUT2D eigenvalue weighted by Crippen LogP contribution is -2.36. The van der Waals surface area contributed by atoms with Crippen molar-refractivity contribution in [3.05, 3.63) is 0 Å². The first-order valence-corrected chi connectivity index (χ1v) is 6.22. The highest BCUT2D eigenvalue weighted by molar-refractivity contribution is 9.09. The fraction of sp³-hybridized carbons (Fsp3) is 0.750. The first kappa shape index (κ1) is 13.9. The first-order valence-electron chi connectivity index (χ1n) is 3.97. The van der Waals surface area contributed by atoms with Gasteiger partial charge >= 0.3 is 11.9 Å². The number of esters is 2. The molecule has 0 unspecified atom stereocenters. The van der Waals surface area contributed by atoms with Gasteiger partial charge < -0.3 is 9.47 Å². The molecule has 0 aliphatic carbocycles. The van der Waals surface area contributed by atoms with Crippen LogP contribution in [0.4, 0.5) is 0 Å². The smallest absolute Gasteiger partial charge is 0.303 e. The van der Waals surface area contributed by atoms with E-state index in [4.69, 9.17) is 9.47 Å². The van der Waals surface area contributed by atoms with Crippen LogP contribution in [-0.4, -0.2) is 34.8 Å². The Hall–Kier alpha value is -0.100. The highest BCUT2D eigenvalue weighted by atomic mass is 79.9. The largest absolute Gasteiger partial charge is 0.458 e. The number of alkyl halides is 2. The van der Waals surface area contributed by atoms with Gasteiger partial charge in [-0.3, -0.25) is 9.59 Å². The zero-order valence-corrected chi connectivity index (χ0v) is 11.1. The van der Waals surface area contributed by atoms with Crippen LogP contribution in [0.15, 0.2) is 0 Å². The molecule has 0 aliphatic heterocycles. The van der Waals surface area contributed by atoms with Crippen LogP contribution in [0, 0.1) is 0 Å². The third-order valence-corrected chi connectivity index (χ3v) is 2.63. The number of ether oxygens (including phenoxy) is 2. The Morgan fingerprint density at radius 3 is 1.43 bits per heavy atom. The molecule has 0 aromatic rings. The summed E-state index contributed by atoms with van der Waals surface area (Å²) in [5, 5.41) is 0.853. The third kappa shape index (κ3) is 5.59. The lowest BCUT2D eigenvalue weighted by Gasteiger charge is -2.22. The normalized spacial score (nSPS) is 14.3. The number of hydrogen-bond acceptors (Lipinski definition) is 4. The van der Waals surface area contributed by atoms with Gasteiger partial charge in [-0.25, -0.2) is 0 Å². The van der Waals surface area contributed by atoms with Crippen LogP contribution < -0.4 is 0 Å². The monoisotopic (exact) mass is 330 g/mol. The maximum atomic E-state index is 10.7. The predicted octanol–water partition coefficient (Wildman–Crippen LogP) is 1.64. The second kappa shape index (κ2) is 7.23. The summed E-state index contributed by atoms with van der Waals surface area (Å²) >= 11 is 6.37. The minimum atomic E-state index is -0.462. The molecule has 0 rings (SSSR count). The van der Waals surface area contributed by atoms with E-state index in [9.17, 15) is 9.59 Å². The van der Waals surface area contributed by atoms with Crippen molar-refractivity contribution in [1.29, 1.82) is 0 Å². The zero-order chi connectivity index (χ0) is 11.1. The van der Waals surface area contributed by atoms with Gasteiger partial charge in [-0.2, -0.15) is 0 Å². The maximum absolute atomic E-state index is 10.7. The van der Waals surface area contributed by atoms with Crippen molar-refractivity contribution in [1.82, 2.24) is 0 Å². The van der Waals surface area contributed by atoms with Crippen molar-refractivity contribution in [2.45, 2.75) is 26.1 Å². The van der Waals surface area contributed by atoms with Crippen molar-refractivity contribution in [3.8, 4) is 0 Å². The Labute approximate surface area is 99.6 Å². The fourth-order valence-corrected chi connectivity index (χ4v) is 1.94. The maximum Gasteiger partial charge on any atom is 0.303 e. The number of hydrogen-bond donors (Lipinski definition) is 0. The van der Waals surface area contributed by atoms with Crippen LogP contribution in [0.25, 0.3) is 0 Å². The van der Waals surface area contributed by atoms with E-state index in [2.05, 4.69) is 31.9 Å². The van der Waals surface area contributed by atoms with Gasteiger partial charge in [0.1, 0.15) is 12.2 Å². The van der Waals surface area contributed by atoms with Gasteiger partial charge in [0.15, 0.2) is 0 Å². The molecule has 0 N–H and O–H groups in total. The molecule has 14 heavy (non-hydrogen) atoms. The molecule has 6 heteroatoms. The lowest BCUT2D eigenvalue weighted by atomic mass is 10.2. The van der Waals surface area contributed by atoms with Crippen LogP contribution in [0.5, 0.6) is 0 Å². The third-order valence-electron chi connectivity index (χ3n) is 1.35. The van der Waals surface area contributed by atoms with E-state index >= 15 is 0 Å². The minimum absolute atomic E-state index is 0.396. The van der Waals surface area contributed by atoms with Gasteiger partial charge in [-0.05, 0) is 0 Å². The Morgan fingerprint density at radius 1 is 1.00 bits per heavy atom. The van der Waals surface area contributed by atoms with E-state index in [-0.39, 0.29) is 0 Å². The second-order valence-corrected chi connectivity index (χ2v) is 3.90. The molecule has 0 amide bonds. The molecule has 0 saturated heterocycles. The van der Waals surface area contributed by atoms with Crippen molar-refractivity contribution < 1.29 is 19.1 Å². The van der Waals surface area contributed by atoms with Crippen LogP contribution in [0.1, 0.15) is 13.8 Å². The average Bonchev–Trinajstić information content (AvgIpc) is 2.10. The van der Waals surface area contributed by atoms with Crippen LogP contribution in [0.3, 0.4) is 0 Å². The van der Waals surface area contributed by atoms with Crippen LogP contribution in [-0.2, 0) is 19.1 Å². The molecule has 0 saturated carbocycles. The molecule has 0 spiro atoms. The molecule has 0 aromatic carbocycles. The van der Waals surface area contributed by atoms with Gasteiger partial charge in [-0.15, -0.1) is 0 Å². The van der Waals surface area contributed by atoms with Crippen LogP contribution in [0.2, 0.25) is 0 Å². The lowest BCUT2D eigenvalue weighted by molar-refractivity contribution is -0.161. The molecule has 82 valence electrons. The average molecular weight is 332 g/mol. The molecule has 0 aliphatic rings. The molecular weight excluding hydrogens is 320 g/mol. The minimum Gasteiger partial charge on any atom is -0.458 e. The van der Waals surface area contributed by atoms with Gasteiger partial charge in [0.05, 0.1) is 0 Å². The Bertz CT molecular complexity index is 186. The molecule has 0 bridgehead atoms. The van der Waals surface area contributed by atoms with Crippen molar-refractivity contribution in [2.75, 3.05) is 10.7 Å². The van der Waals surface area contributed by atoms with Crippen LogP contribution >= 0.6 is 31.9 Å². The standard InChI is InChI=1S/C8H12Br2O4/c1-5(11)13-7(3-9)8(4-10)14-6(2)12/h7-8H,3-4H2,1-2H3/t7-,8-/m0/s1. The molecule has 0 heterocycles. The van der Waals surface area contributed by atoms with Crippen molar-refractivity contribution in [2.24, 2.45) is 0 Å². The summed E-state index contributed by atoms with van der Waals surface area (Å²) in [5.41, 5.74) is 0. The summed E-state index contributed by atoms with van der Waals surface area (Å²) in [6.45, 7) is 2.63. The quantitative estimate of drug-likeness (QED) is 0.567. The number of carbonyl (C=O) groups is 2. The van der Waals surface area contributed by atoms with E-state index in [1.807, 2.05) is 0 Å². The molecule has 4 nitrogen and oxygen atoms in total. The molecule has 2 atom stereocenters. The SMILES string of the molecule is CC(=O)O[C@@H](CBr)[C@H](CBr)OC(C)=O. The summed E-state index contributed by atoms with van der Waals surface area (Å²) < 4.78 is 9.92. The highest BCUT2D eigenvalue weighted by Gasteiger charge is 2.24. The van der Waals surface area contributed by atoms with Gasteiger partial charge in [-0.1, -0.05) is 31.9 Å². The molecule has 0 radical (unpaired) electrons. The number of rotatable bonds is 5. The summed E-state index contributed by atoms with van der Waals surface area (Å²) in [6, 6.07) is 0. The fourth-order valence-electron chi connectivity index (χ4n) is 0.840. The first-order chi connectivity index (χ1) is 6.51. The summed E-state index contributed by atoms with van der Waals surface area (Å²) in [6.07, 6.45) is -0.924. The summed E-state index contributed by atoms with van der Waals surface area (Å²) in [4.78, 5) is 21.4.